The number of nitrogens with one attached hydrogen (secondary N) is 1. The smallest absolute Gasteiger partial charge is 0.444 e. The molecule has 1 atom stereocenters. The molecular weight excluding hydrogens is 324 g/mol. The Bertz CT molecular complexity index is 609. The van der Waals surface area contributed by atoms with Gasteiger partial charge in [-0.2, -0.15) is 5.11 Å². The lowest BCUT2D eigenvalue weighted by atomic mass is 10.1. The number of amides is 2. The molecule has 0 saturated carbocycles. The van der Waals surface area contributed by atoms with Gasteiger partial charge in [0.2, 0.25) is 0 Å². The summed E-state index contributed by atoms with van der Waals surface area (Å²) in [5.74, 6) is 0. The van der Waals surface area contributed by atoms with Gasteiger partial charge in [0.15, 0.2) is 0 Å². The molecule has 8 heteroatoms. The molecule has 1 aromatic carbocycles. The minimum Gasteiger partial charge on any atom is -0.444 e. The highest BCUT2D eigenvalue weighted by Gasteiger charge is 2.25. The number of hydrogen-bond donors (Lipinski definition) is 2. The van der Waals surface area contributed by atoms with Gasteiger partial charge < -0.3 is 20.5 Å². The molecule has 1 rings (SSSR count). The average molecular weight is 350 g/mol. The van der Waals surface area contributed by atoms with Crippen molar-refractivity contribution < 1.29 is 19.1 Å². The van der Waals surface area contributed by atoms with Crippen LogP contribution in [0.1, 0.15) is 46.3 Å². The monoisotopic (exact) mass is 350 g/mol. The third kappa shape index (κ3) is 8.80. The number of nitrogens with zero attached hydrogens (tertiary/aromatic N) is 2. The lowest BCUT2D eigenvalue weighted by Gasteiger charge is -2.25. The van der Waals surface area contributed by atoms with Gasteiger partial charge in [-0.05, 0) is 40.2 Å². The van der Waals surface area contributed by atoms with E-state index in [0.29, 0.717) is 0 Å². The minimum atomic E-state index is -0.982. The highest BCUT2D eigenvalue weighted by molar-refractivity contribution is 5.69. The second-order valence-electron chi connectivity index (χ2n) is 7.05. The summed E-state index contributed by atoms with van der Waals surface area (Å²) < 4.78 is 10.3. The SMILES string of the molecule is CC(C)(C)OC(=O)NCC(C)(C)OC(=O)/N=N/C(N)c1ccccc1. The Morgan fingerprint density at radius 2 is 1.72 bits per heavy atom. The van der Waals surface area contributed by atoms with Crippen LogP contribution in [0.25, 0.3) is 0 Å². The molecule has 0 fully saturated rings. The van der Waals surface area contributed by atoms with Crippen LogP contribution >= 0.6 is 0 Å². The molecule has 0 bridgehead atoms. The summed E-state index contributed by atoms with van der Waals surface area (Å²) >= 11 is 0. The van der Waals surface area contributed by atoms with E-state index in [9.17, 15) is 9.59 Å². The minimum absolute atomic E-state index is 0.0634. The average Bonchev–Trinajstić information content (AvgIpc) is 2.49. The number of ether oxygens (including phenoxy) is 2. The summed E-state index contributed by atoms with van der Waals surface area (Å²) in [5.41, 5.74) is 4.96. The third-order valence-electron chi connectivity index (χ3n) is 2.83. The van der Waals surface area contributed by atoms with Crippen LogP contribution < -0.4 is 11.1 Å². The van der Waals surface area contributed by atoms with Gasteiger partial charge in [0.05, 0.1) is 6.54 Å². The maximum absolute atomic E-state index is 11.8. The summed E-state index contributed by atoms with van der Waals surface area (Å²) in [6, 6.07) is 9.04. The van der Waals surface area contributed by atoms with Gasteiger partial charge in [-0.3, -0.25) is 0 Å². The van der Waals surface area contributed by atoms with Crippen molar-refractivity contribution in [1.29, 1.82) is 0 Å². The zero-order valence-electron chi connectivity index (χ0n) is 15.3. The Balaban J connectivity index is 2.48. The second-order valence-corrected chi connectivity index (χ2v) is 7.05. The van der Waals surface area contributed by atoms with Crippen molar-refractivity contribution >= 4 is 12.2 Å². The van der Waals surface area contributed by atoms with Gasteiger partial charge in [0.1, 0.15) is 17.4 Å². The van der Waals surface area contributed by atoms with Crippen molar-refractivity contribution in [3.8, 4) is 0 Å². The van der Waals surface area contributed by atoms with E-state index >= 15 is 0 Å². The van der Waals surface area contributed by atoms with E-state index in [4.69, 9.17) is 15.2 Å². The fraction of sp³-hybridized carbons (Fsp3) is 0.529. The van der Waals surface area contributed by atoms with Crippen molar-refractivity contribution in [3.63, 3.8) is 0 Å². The lowest BCUT2D eigenvalue weighted by molar-refractivity contribution is 0.0286. The van der Waals surface area contributed by atoms with E-state index in [0.717, 1.165) is 5.56 Å². The van der Waals surface area contributed by atoms with Crippen molar-refractivity contribution in [2.75, 3.05) is 6.54 Å². The van der Waals surface area contributed by atoms with E-state index in [1.165, 1.54) is 0 Å². The fourth-order valence-corrected chi connectivity index (χ4v) is 1.72. The summed E-state index contributed by atoms with van der Waals surface area (Å²) in [6.07, 6.45) is -2.23. The Morgan fingerprint density at radius 1 is 1.12 bits per heavy atom. The molecule has 0 saturated heterocycles. The summed E-state index contributed by atoms with van der Waals surface area (Å²) in [5, 5.41) is 9.75. The molecule has 0 radical (unpaired) electrons. The molecule has 3 N–H and O–H groups in total. The molecular formula is C17H26N4O4. The first-order valence-corrected chi connectivity index (χ1v) is 7.90. The largest absolute Gasteiger partial charge is 0.452 e. The van der Waals surface area contributed by atoms with Gasteiger partial charge in [0, 0.05) is 0 Å². The predicted octanol–water partition coefficient (Wildman–Crippen LogP) is 3.54. The molecule has 25 heavy (non-hydrogen) atoms. The standard InChI is InChI=1S/C17H26N4O4/c1-16(2,3)24-14(22)19-11-17(4,5)25-15(23)21-20-13(18)12-9-7-6-8-10-12/h6-10,13H,11,18H2,1-5H3,(H,19,22)/b21-20+. The van der Waals surface area contributed by atoms with E-state index < -0.39 is 29.6 Å². The second kappa shape index (κ2) is 8.57. The molecule has 1 unspecified atom stereocenters. The molecule has 1 aromatic rings. The number of nitrogens with two attached hydrogens (primary N) is 1. The quantitative estimate of drug-likeness (QED) is 0.788. The molecule has 0 aliphatic heterocycles. The Kier molecular flexibility index (Phi) is 7.05. The Morgan fingerprint density at radius 3 is 2.28 bits per heavy atom. The molecule has 0 spiro atoms. The van der Waals surface area contributed by atoms with Crippen LogP contribution in [0.3, 0.4) is 0 Å². The normalized spacial score (nSPS) is 13.4. The maximum Gasteiger partial charge on any atom is 0.452 e. The first-order valence-electron chi connectivity index (χ1n) is 7.90. The number of rotatable bonds is 5. The van der Waals surface area contributed by atoms with Crippen molar-refractivity contribution in [2.24, 2.45) is 16.0 Å². The van der Waals surface area contributed by atoms with E-state index in [1.807, 2.05) is 18.2 Å². The number of carbonyl (C=O) groups excluding carboxylic acids is 2. The van der Waals surface area contributed by atoms with Crippen LogP contribution in [0.15, 0.2) is 40.6 Å². The Hall–Kier alpha value is -2.48. The summed E-state index contributed by atoms with van der Waals surface area (Å²) in [7, 11) is 0. The van der Waals surface area contributed by atoms with Gasteiger partial charge >= 0.3 is 12.2 Å². The third-order valence-corrected chi connectivity index (χ3v) is 2.83. The molecule has 2 amide bonds. The lowest BCUT2D eigenvalue weighted by Crippen LogP contribution is -2.43. The van der Waals surface area contributed by atoms with Crippen LogP contribution in [0.5, 0.6) is 0 Å². The number of carbonyl (C=O) groups is 2. The summed E-state index contributed by atoms with van der Waals surface area (Å²) in [6.45, 7) is 8.61. The molecule has 0 aliphatic rings. The van der Waals surface area contributed by atoms with Crippen LogP contribution in [0, 0.1) is 0 Å². The van der Waals surface area contributed by atoms with Gasteiger partial charge in [-0.1, -0.05) is 35.4 Å². The van der Waals surface area contributed by atoms with Crippen molar-refractivity contribution in [3.05, 3.63) is 35.9 Å². The molecule has 0 heterocycles. The first kappa shape index (κ1) is 20.6. The van der Waals surface area contributed by atoms with E-state index in [2.05, 4.69) is 15.5 Å². The topological polar surface area (TPSA) is 115 Å². The van der Waals surface area contributed by atoms with Gasteiger partial charge in [-0.25, -0.2) is 9.59 Å². The van der Waals surface area contributed by atoms with Crippen molar-refractivity contribution in [1.82, 2.24) is 5.32 Å². The van der Waals surface area contributed by atoms with E-state index in [1.54, 1.807) is 46.8 Å². The fourth-order valence-electron chi connectivity index (χ4n) is 1.72. The van der Waals surface area contributed by atoms with Crippen LogP contribution in [0.2, 0.25) is 0 Å². The highest BCUT2D eigenvalue weighted by Crippen LogP contribution is 2.14. The molecule has 0 aromatic heterocycles. The zero-order chi connectivity index (χ0) is 19.1. The number of alkyl carbamates (subject to hydrolysis) is 1. The van der Waals surface area contributed by atoms with Gasteiger partial charge in [-0.15, -0.1) is 0 Å². The first-order chi connectivity index (χ1) is 11.5. The van der Waals surface area contributed by atoms with E-state index in [-0.39, 0.29) is 6.54 Å². The maximum atomic E-state index is 11.8. The highest BCUT2D eigenvalue weighted by atomic mass is 16.6. The van der Waals surface area contributed by atoms with Crippen LogP contribution in [-0.4, -0.2) is 29.9 Å². The van der Waals surface area contributed by atoms with Gasteiger partial charge in [0.25, 0.3) is 0 Å². The summed E-state index contributed by atoms with van der Waals surface area (Å²) in [4.78, 5) is 23.4. The number of benzene rings is 1. The molecule has 0 aliphatic carbocycles. The van der Waals surface area contributed by atoms with Crippen LogP contribution in [0.4, 0.5) is 9.59 Å². The Labute approximate surface area is 147 Å². The van der Waals surface area contributed by atoms with Crippen molar-refractivity contribution in [2.45, 2.75) is 52.0 Å². The zero-order valence-corrected chi connectivity index (χ0v) is 15.3. The molecule has 8 nitrogen and oxygen atoms in total. The molecule has 138 valence electrons. The van der Waals surface area contributed by atoms with Crippen LogP contribution in [-0.2, 0) is 9.47 Å². The number of azo groups is 1. The number of hydrogen-bond acceptors (Lipinski definition) is 6. The predicted molar refractivity (Wildman–Crippen MR) is 93.0 cm³/mol.